The van der Waals surface area contributed by atoms with E-state index in [4.69, 9.17) is 4.99 Å². The van der Waals surface area contributed by atoms with E-state index >= 15 is 0 Å². The molecule has 0 radical (unpaired) electrons. The van der Waals surface area contributed by atoms with Gasteiger partial charge in [0.1, 0.15) is 5.82 Å². The van der Waals surface area contributed by atoms with Gasteiger partial charge < -0.3 is 0 Å². The first-order valence-electron chi connectivity index (χ1n) is 7.82. The highest BCUT2D eigenvalue weighted by Gasteiger charge is 2.28. The summed E-state index contributed by atoms with van der Waals surface area (Å²) in [6, 6.07) is 12.3. The first-order valence-corrected chi connectivity index (χ1v) is 7.82. The van der Waals surface area contributed by atoms with Crippen molar-refractivity contribution in [2.75, 3.05) is 0 Å². The molecule has 2 aromatic carbocycles. The Morgan fingerprint density at radius 3 is 2.70 bits per heavy atom. The fourth-order valence-electron chi connectivity index (χ4n) is 3.17. The van der Waals surface area contributed by atoms with Crippen molar-refractivity contribution in [3.8, 4) is 0 Å². The SMILES string of the molecule is Cc1ccccc1C(=O)CC1=NC(C)(C)Cc2ccc(F)cc21. The van der Waals surface area contributed by atoms with Crippen LogP contribution in [0.2, 0.25) is 0 Å². The highest BCUT2D eigenvalue weighted by molar-refractivity contribution is 6.17. The number of fused-ring (bicyclic) bond motifs is 1. The summed E-state index contributed by atoms with van der Waals surface area (Å²) in [5.41, 5.74) is 3.89. The lowest BCUT2D eigenvalue weighted by Gasteiger charge is -2.29. The number of hydrogen-bond acceptors (Lipinski definition) is 2. The van der Waals surface area contributed by atoms with Crippen molar-refractivity contribution in [1.29, 1.82) is 0 Å². The zero-order valence-corrected chi connectivity index (χ0v) is 13.7. The minimum atomic E-state index is -0.292. The van der Waals surface area contributed by atoms with Gasteiger partial charge in [0.05, 0.1) is 17.7 Å². The van der Waals surface area contributed by atoms with Crippen LogP contribution in [0.25, 0.3) is 0 Å². The van der Waals surface area contributed by atoms with E-state index in [9.17, 15) is 9.18 Å². The molecule has 0 fully saturated rings. The number of benzene rings is 2. The van der Waals surface area contributed by atoms with E-state index in [1.54, 1.807) is 6.07 Å². The third kappa shape index (κ3) is 3.24. The van der Waals surface area contributed by atoms with Gasteiger partial charge >= 0.3 is 0 Å². The molecule has 3 rings (SSSR count). The fraction of sp³-hybridized carbons (Fsp3) is 0.300. The summed E-state index contributed by atoms with van der Waals surface area (Å²) >= 11 is 0. The summed E-state index contributed by atoms with van der Waals surface area (Å²) in [6.07, 6.45) is 0.954. The highest BCUT2D eigenvalue weighted by atomic mass is 19.1. The molecular weight excluding hydrogens is 289 g/mol. The summed E-state index contributed by atoms with van der Waals surface area (Å²) in [4.78, 5) is 17.4. The van der Waals surface area contributed by atoms with Crippen molar-refractivity contribution >= 4 is 11.5 Å². The fourth-order valence-corrected chi connectivity index (χ4v) is 3.17. The number of nitrogens with zero attached hydrogens (tertiary/aromatic N) is 1. The van der Waals surface area contributed by atoms with Crippen LogP contribution in [-0.4, -0.2) is 17.0 Å². The summed E-state index contributed by atoms with van der Waals surface area (Å²) in [6.45, 7) is 6.00. The average molecular weight is 309 g/mol. The van der Waals surface area contributed by atoms with Gasteiger partial charge in [0.25, 0.3) is 0 Å². The molecule has 0 saturated carbocycles. The smallest absolute Gasteiger partial charge is 0.169 e. The monoisotopic (exact) mass is 309 g/mol. The molecule has 0 spiro atoms. The van der Waals surface area contributed by atoms with Crippen molar-refractivity contribution in [3.63, 3.8) is 0 Å². The second-order valence-electron chi connectivity index (χ2n) is 6.76. The van der Waals surface area contributed by atoms with Gasteiger partial charge in [-0.05, 0) is 50.5 Å². The largest absolute Gasteiger partial charge is 0.294 e. The normalized spacial score (nSPS) is 15.7. The molecule has 1 heterocycles. The average Bonchev–Trinajstić information content (AvgIpc) is 2.47. The number of Topliss-reactive ketones (excluding diaryl/α,β-unsaturated/α-hetero) is 1. The van der Waals surface area contributed by atoms with E-state index in [1.165, 1.54) is 12.1 Å². The van der Waals surface area contributed by atoms with Crippen molar-refractivity contribution in [1.82, 2.24) is 0 Å². The molecule has 0 unspecified atom stereocenters. The van der Waals surface area contributed by atoms with Gasteiger partial charge in [0.2, 0.25) is 0 Å². The summed E-state index contributed by atoms with van der Waals surface area (Å²) in [7, 11) is 0. The highest BCUT2D eigenvalue weighted by Crippen LogP contribution is 2.29. The Labute approximate surface area is 136 Å². The van der Waals surface area contributed by atoms with Crippen LogP contribution in [0, 0.1) is 12.7 Å². The Bertz CT molecular complexity index is 805. The minimum absolute atomic E-state index is 0.0229. The molecule has 0 aliphatic carbocycles. The quantitative estimate of drug-likeness (QED) is 0.766. The molecule has 0 aromatic heterocycles. The van der Waals surface area contributed by atoms with E-state index in [-0.39, 0.29) is 23.6 Å². The Morgan fingerprint density at radius 2 is 1.96 bits per heavy atom. The van der Waals surface area contributed by atoms with Gasteiger partial charge in [-0.2, -0.15) is 0 Å². The van der Waals surface area contributed by atoms with E-state index in [1.807, 2.05) is 45.0 Å². The predicted molar refractivity (Wildman–Crippen MR) is 90.8 cm³/mol. The van der Waals surface area contributed by atoms with Gasteiger partial charge in [-0.25, -0.2) is 4.39 Å². The summed E-state index contributed by atoms with van der Waals surface area (Å²) < 4.78 is 13.6. The Balaban J connectivity index is 1.98. The van der Waals surface area contributed by atoms with E-state index < -0.39 is 0 Å². The van der Waals surface area contributed by atoms with Crippen molar-refractivity contribution in [3.05, 3.63) is 70.5 Å². The Morgan fingerprint density at radius 1 is 1.22 bits per heavy atom. The first kappa shape index (κ1) is 15.6. The molecule has 0 atom stereocenters. The molecule has 0 bridgehead atoms. The number of halogens is 1. The number of hydrogen-bond donors (Lipinski definition) is 0. The molecule has 0 amide bonds. The van der Waals surface area contributed by atoms with Crippen LogP contribution in [-0.2, 0) is 6.42 Å². The molecule has 3 heteroatoms. The maximum Gasteiger partial charge on any atom is 0.169 e. The lowest BCUT2D eigenvalue weighted by atomic mass is 9.85. The van der Waals surface area contributed by atoms with Crippen LogP contribution < -0.4 is 0 Å². The molecule has 0 N–H and O–H groups in total. The lowest BCUT2D eigenvalue weighted by molar-refractivity contribution is 0.1000. The zero-order valence-electron chi connectivity index (χ0n) is 13.7. The number of aryl methyl sites for hydroxylation is 1. The Hall–Kier alpha value is -2.29. The van der Waals surface area contributed by atoms with Crippen LogP contribution in [0.15, 0.2) is 47.5 Å². The molecule has 1 aliphatic heterocycles. The van der Waals surface area contributed by atoms with Gasteiger partial charge in [-0.1, -0.05) is 30.3 Å². The molecule has 2 aromatic rings. The van der Waals surface area contributed by atoms with Crippen LogP contribution in [0.1, 0.15) is 47.3 Å². The third-order valence-corrected chi connectivity index (χ3v) is 4.22. The van der Waals surface area contributed by atoms with Crippen molar-refractivity contribution < 1.29 is 9.18 Å². The van der Waals surface area contributed by atoms with Gasteiger partial charge in [0, 0.05) is 11.1 Å². The van der Waals surface area contributed by atoms with Crippen LogP contribution in [0.5, 0.6) is 0 Å². The minimum Gasteiger partial charge on any atom is -0.294 e. The van der Waals surface area contributed by atoms with E-state index in [2.05, 4.69) is 0 Å². The van der Waals surface area contributed by atoms with Gasteiger partial charge in [-0.3, -0.25) is 9.79 Å². The second-order valence-corrected chi connectivity index (χ2v) is 6.76. The molecule has 118 valence electrons. The number of aliphatic imine (C=N–C) groups is 1. The van der Waals surface area contributed by atoms with Gasteiger partial charge in [0.15, 0.2) is 5.78 Å². The van der Waals surface area contributed by atoms with Crippen LogP contribution in [0.4, 0.5) is 4.39 Å². The topological polar surface area (TPSA) is 29.4 Å². The summed E-state index contributed by atoms with van der Waals surface area (Å²) in [5, 5.41) is 0. The number of ketones is 1. The number of rotatable bonds is 3. The molecular formula is C20H20FNO. The maximum atomic E-state index is 13.6. The molecule has 1 aliphatic rings. The standard InChI is InChI=1S/C20H20FNO/c1-13-6-4-5-7-16(13)19(23)11-18-17-10-15(21)9-8-14(17)12-20(2,3)22-18/h4-10H,11-12H2,1-3H3. The second kappa shape index (κ2) is 5.73. The first-order chi connectivity index (χ1) is 10.9. The van der Waals surface area contributed by atoms with Crippen molar-refractivity contribution in [2.45, 2.75) is 39.2 Å². The van der Waals surface area contributed by atoms with E-state index in [0.29, 0.717) is 11.3 Å². The van der Waals surface area contributed by atoms with Crippen LogP contribution in [0.3, 0.4) is 0 Å². The number of carbonyl (C=O) groups is 1. The molecule has 23 heavy (non-hydrogen) atoms. The van der Waals surface area contributed by atoms with Gasteiger partial charge in [-0.15, -0.1) is 0 Å². The summed E-state index contributed by atoms with van der Waals surface area (Å²) in [5.74, 6) is -0.269. The lowest BCUT2D eigenvalue weighted by Crippen LogP contribution is -2.30. The maximum absolute atomic E-state index is 13.6. The third-order valence-electron chi connectivity index (χ3n) is 4.22. The predicted octanol–water partition coefficient (Wildman–Crippen LogP) is 4.53. The Kier molecular flexibility index (Phi) is 3.88. The zero-order chi connectivity index (χ0) is 16.6. The van der Waals surface area contributed by atoms with Crippen LogP contribution >= 0.6 is 0 Å². The molecule has 0 saturated heterocycles. The molecule has 2 nitrogen and oxygen atoms in total. The number of carbonyl (C=O) groups excluding carboxylic acids is 1. The van der Waals surface area contributed by atoms with E-state index in [0.717, 1.165) is 23.1 Å². The van der Waals surface area contributed by atoms with Crippen molar-refractivity contribution in [2.24, 2.45) is 4.99 Å².